The highest BCUT2D eigenvalue weighted by Gasteiger charge is 2.18. The molecule has 2 heterocycles. The van der Waals surface area contributed by atoms with Crippen molar-refractivity contribution in [2.24, 2.45) is 0 Å². The minimum atomic E-state index is 0. The first-order chi connectivity index (χ1) is 13.7. The van der Waals surface area contributed by atoms with Gasteiger partial charge in [0.15, 0.2) is 0 Å². The van der Waals surface area contributed by atoms with Crippen LogP contribution in [0.25, 0.3) is 15.7 Å². The van der Waals surface area contributed by atoms with Crippen LogP contribution in [0.5, 0.6) is 0 Å². The summed E-state index contributed by atoms with van der Waals surface area (Å²) in [5.41, 5.74) is 4.48. The summed E-state index contributed by atoms with van der Waals surface area (Å²) >= 11 is 1.71. The van der Waals surface area contributed by atoms with E-state index in [2.05, 4.69) is 76.6 Å². The van der Waals surface area contributed by atoms with Gasteiger partial charge in [-0.05, 0) is 31.0 Å². The molecule has 0 atom stereocenters. The standard InChI is InChI=1S/C24H26N2OS.ClH/c1-19-7-8-24-22(15-19)23(18-28-24)21(17-27)9-10-25-11-13-26(14-12-25)16-20-5-3-2-4-6-20;/h2-8,15,18H,9-14,16H2,1H3;1H. The molecule has 0 radical (unpaired) electrons. The molecule has 0 bridgehead atoms. The molecule has 0 unspecified atom stereocenters. The van der Waals surface area contributed by atoms with Gasteiger partial charge in [-0.2, -0.15) is 0 Å². The fourth-order valence-corrected chi connectivity index (χ4v) is 4.86. The predicted molar refractivity (Wildman–Crippen MR) is 126 cm³/mol. The average Bonchev–Trinajstić information content (AvgIpc) is 3.13. The smallest absolute Gasteiger partial charge is 0.128 e. The molecule has 1 aromatic heterocycles. The lowest BCUT2D eigenvalue weighted by Gasteiger charge is -2.34. The fourth-order valence-electron chi connectivity index (χ4n) is 3.90. The molecule has 1 fully saturated rings. The van der Waals surface area contributed by atoms with Crippen LogP contribution in [0.1, 0.15) is 23.1 Å². The van der Waals surface area contributed by atoms with E-state index in [1.54, 1.807) is 11.3 Å². The largest absolute Gasteiger partial charge is 0.300 e. The molecule has 0 amide bonds. The molecule has 1 aliphatic heterocycles. The zero-order valence-corrected chi connectivity index (χ0v) is 18.4. The summed E-state index contributed by atoms with van der Waals surface area (Å²) in [5.74, 6) is 2.23. The SMILES string of the molecule is Cc1ccc2scc(C(=C=O)CCN3CCN(Cc4ccccc4)CC3)c2c1.Cl. The lowest BCUT2D eigenvalue weighted by atomic mass is 10.0. The molecule has 29 heavy (non-hydrogen) atoms. The Hall–Kier alpha value is -1.94. The molecule has 1 saturated heterocycles. The molecule has 1 aliphatic rings. The Balaban J connectivity index is 0.00000240. The minimum absolute atomic E-state index is 0. The van der Waals surface area contributed by atoms with E-state index >= 15 is 0 Å². The van der Waals surface area contributed by atoms with Crippen molar-refractivity contribution in [2.75, 3.05) is 32.7 Å². The maximum Gasteiger partial charge on any atom is 0.128 e. The van der Waals surface area contributed by atoms with Gasteiger partial charge in [0.05, 0.1) is 0 Å². The van der Waals surface area contributed by atoms with E-state index < -0.39 is 0 Å². The first kappa shape index (κ1) is 21.8. The third kappa shape index (κ3) is 5.36. The summed E-state index contributed by atoms with van der Waals surface area (Å²) in [6, 6.07) is 17.1. The van der Waals surface area contributed by atoms with Crippen molar-refractivity contribution in [1.29, 1.82) is 0 Å². The van der Waals surface area contributed by atoms with Crippen molar-refractivity contribution >= 4 is 45.3 Å². The van der Waals surface area contributed by atoms with Crippen LogP contribution in [0.4, 0.5) is 0 Å². The maximum absolute atomic E-state index is 11.7. The monoisotopic (exact) mass is 426 g/mol. The van der Waals surface area contributed by atoms with E-state index in [1.165, 1.54) is 21.2 Å². The Morgan fingerprint density at radius 1 is 1.03 bits per heavy atom. The quantitative estimate of drug-likeness (QED) is 0.515. The van der Waals surface area contributed by atoms with Gasteiger partial charge in [-0.15, -0.1) is 23.7 Å². The molecular formula is C24H27ClN2OS. The van der Waals surface area contributed by atoms with Crippen LogP contribution in [0.15, 0.2) is 53.9 Å². The zero-order chi connectivity index (χ0) is 19.3. The first-order valence-electron chi connectivity index (χ1n) is 9.94. The molecule has 3 nitrogen and oxygen atoms in total. The summed E-state index contributed by atoms with van der Waals surface area (Å²) in [6.07, 6.45) is 0.766. The van der Waals surface area contributed by atoms with Crippen LogP contribution in [-0.2, 0) is 11.3 Å². The molecule has 0 N–H and O–H groups in total. The van der Waals surface area contributed by atoms with Crippen molar-refractivity contribution in [3.63, 3.8) is 0 Å². The summed E-state index contributed by atoms with van der Waals surface area (Å²) in [7, 11) is 0. The molecular weight excluding hydrogens is 400 g/mol. The Morgan fingerprint density at radius 3 is 2.48 bits per heavy atom. The predicted octanol–water partition coefficient (Wildman–Crippen LogP) is 5.05. The van der Waals surface area contributed by atoms with Crippen LogP contribution in [0, 0.1) is 6.92 Å². The number of nitrogens with zero attached hydrogens (tertiary/aromatic N) is 2. The summed E-state index contributed by atoms with van der Waals surface area (Å²) in [6.45, 7) is 8.32. The van der Waals surface area contributed by atoms with Gasteiger partial charge in [0, 0.05) is 65.9 Å². The summed E-state index contributed by atoms with van der Waals surface area (Å²) in [5, 5.41) is 3.30. The van der Waals surface area contributed by atoms with Gasteiger partial charge in [-0.1, -0.05) is 42.0 Å². The highest BCUT2D eigenvalue weighted by atomic mass is 35.5. The van der Waals surface area contributed by atoms with Crippen LogP contribution in [0.3, 0.4) is 0 Å². The Labute approximate surface area is 183 Å². The minimum Gasteiger partial charge on any atom is -0.300 e. The fraction of sp³-hybridized carbons (Fsp3) is 0.333. The lowest BCUT2D eigenvalue weighted by molar-refractivity contribution is 0.129. The Bertz CT molecular complexity index is 987. The number of hydrogen-bond donors (Lipinski definition) is 0. The molecule has 4 rings (SSSR count). The van der Waals surface area contributed by atoms with Crippen molar-refractivity contribution in [2.45, 2.75) is 19.9 Å². The number of halogens is 1. The highest BCUT2D eigenvalue weighted by molar-refractivity contribution is 7.17. The molecule has 152 valence electrons. The van der Waals surface area contributed by atoms with Gasteiger partial charge in [0.2, 0.25) is 0 Å². The van der Waals surface area contributed by atoms with Gasteiger partial charge in [-0.3, -0.25) is 4.90 Å². The van der Waals surface area contributed by atoms with E-state index in [0.29, 0.717) is 0 Å². The van der Waals surface area contributed by atoms with Gasteiger partial charge >= 0.3 is 0 Å². The second-order valence-corrected chi connectivity index (χ2v) is 8.49. The number of rotatable bonds is 6. The second-order valence-electron chi connectivity index (χ2n) is 7.58. The van der Waals surface area contributed by atoms with Gasteiger partial charge in [0.25, 0.3) is 0 Å². The van der Waals surface area contributed by atoms with Gasteiger partial charge in [0.1, 0.15) is 5.94 Å². The number of carbonyl (C=O) groups excluding carboxylic acids is 1. The van der Waals surface area contributed by atoms with Crippen molar-refractivity contribution < 1.29 is 4.79 Å². The molecule has 3 aromatic rings. The van der Waals surface area contributed by atoms with Crippen molar-refractivity contribution in [3.8, 4) is 0 Å². The average molecular weight is 427 g/mol. The van der Waals surface area contributed by atoms with Crippen LogP contribution in [0.2, 0.25) is 0 Å². The Kier molecular flexibility index (Phi) is 7.65. The highest BCUT2D eigenvalue weighted by Crippen LogP contribution is 2.32. The number of hydrogen-bond acceptors (Lipinski definition) is 4. The van der Waals surface area contributed by atoms with Crippen molar-refractivity contribution in [3.05, 3.63) is 70.6 Å². The number of thiophene rings is 1. The van der Waals surface area contributed by atoms with E-state index in [4.69, 9.17) is 0 Å². The number of fused-ring (bicyclic) bond motifs is 1. The topological polar surface area (TPSA) is 23.6 Å². The molecule has 2 aromatic carbocycles. The zero-order valence-electron chi connectivity index (χ0n) is 16.8. The van der Waals surface area contributed by atoms with E-state index in [0.717, 1.165) is 56.8 Å². The maximum atomic E-state index is 11.7. The van der Waals surface area contributed by atoms with Crippen LogP contribution < -0.4 is 0 Å². The van der Waals surface area contributed by atoms with Gasteiger partial charge in [-0.25, -0.2) is 4.79 Å². The van der Waals surface area contributed by atoms with Crippen molar-refractivity contribution in [1.82, 2.24) is 9.80 Å². The van der Waals surface area contributed by atoms with E-state index in [-0.39, 0.29) is 12.4 Å². The lowest BCUT2D eigenvalue weighted by Crippen LogP contribution is -2.46. The van der Waals surface area contributed by atoms with E-state index in [1.807, 2.05) is 0 Å². The molecule has 0 saturated carbocycles. The molecule has 0 aliphatic carbocycles. The van der Waals surface area contributed by atoms with Crippen LogP contribution >= 0.6 is 23.7 Å². The van der Waals surface area contributed by atoms with E-state index in [9.17, 15) is 4.79 Å². The summed E-state index contributed by atoms with van der Waals surface area (Å²) in [4.78, 5) is 16.7. The number of aryl methyl sites for hydroxylation is 1. The first-order valence-corrected chi connectivity index (χ1v) is 10.8. The second kappa shape index (κ2) is 10.2. The molecule has 5 heteroatoms. The van der Waals surface area contributed by atoms with Gasteiger partial charge < -0.3 is 4.90 Å². The molecule has 0 spiro atoms. The van der Waals surface area contributed by atoms with Crippen LogP contribution in [-0.4, -0.2) is 48.5 Å². The Morgan fingerprint density at radius 2 is 1.76 bits per heavy atom. The summed E-state index contributed by atoms with van der Waals surface area (Å²) < 4.78 is 1.24. The number of piperazine rings is 1. The number of benzene rings is 2. The third-order valence-electron chi connectivity index (χ3n) is 5.57. The third-order valence-corrected chi connectivity index (χ3v) is 6.53. The normalized spacial score (nSPS) is 15.1.